The first-order valence-electron chi connectivity index (χ1n) is 14.0. The standard InChI is InChI=1S/C32H28F2N6O4/c1-43-22-15-20(38-32(42)24-13-19(33)7-8-25(24)34)14-21(16-22)40-28-17-26(30-35-9-4-10-36-30)37-18-27(28)39-31(40)23-5-2-3-6-29(23)44-12-11-41/h2-10,13,17-18,21-22,41H,11-12,14-16H2,1H3/t21?,22-/m0/s1. The largest absolute Gasteiger partial charge is 0.490 e. The molecule has 224 valence electrons. The van der Waals surface area contributed by atoms with Crippen molar-refractivity contribution in [2.24, 2.45) is 4.99 Å². The second-order valence-electron chi connectivity index (χ2n) is 10.3. The summed E-state index contributed by atoms with van der Waals surface area (Å²) in [5.74, 6) is -0.887. The van der Waals surface area contributed by atoms with E-state index in [0.29, 0.717) is 59.1 Å². The smallest absolute Gasteiger partial charge is 0.279 e. The summed E-state index contributed by atoms with van der Waals surface area (Å²) in [6.45, 7) is -0.0635. The molecule has 0 spiro atoms. The Morgan fingerprint density at radius 3 is 2.68 bits per heavy atom. The van der Waals surface area contributed by atoms with E-state index in [-0.39, 0.29) is 25.4 Å². The van der Waals surface area contributed by atoms with Crippen molar-refractivity contribution in [3.8, 4) is 28.7 Å². The van der Waals surface area contributed by atoms with Gasteiger partial charge in [0, 0.05) is 44.1 Å². The van der Waals surface area contributed by atoms with Gasteiger partial charge in [0.2, 0.25) is 0 Å². The Bertz CT molecular complexity index is 1850. The molecule has 12 heteroatoms. The molecule has 3 aromatic heterocycles. The molecule has 0 saturated heterocycles. The lowest BCUT2D eigenvalue weighted by molar-refractivity contribution is 0.0804. The number of rotatable bonds is 8. The van der Waals surface area contributed by atoms with Crippen LogP contribution in [0.4, 0.5) is 8.78 Å². The van der Waals surface area contributed by atoms with Crippen molar-refractivity contribution >= 4 is 22.7 Å². The third-order valence-corrected chi connectivity index (χ3v) is 7.43. The summed E-state index contributed by atoms with van der Waals surface area (Å²) < 4.78 is 41.9. The van der Waals surface area contributed by atoms with E-state index >= 15 is 0 Å². The second-order valence-corrected chi connectivity index (χ2v) is 10.3. The van der Waals surface area contributed by atoms with Gasteiger partial charge in [0.1, 0.15) is 41.0 Å². The molecule has 0 bridgehead atoms. The number of aliphatic imine (C=N–C) groups is 1. The number of aliphatic hydroxyl groups excluding tert-OH is 1. The zero-order chi connectivity index (χ0) is 30.6. The molecule has 5 aromatic rings. The fourth-order valence-electron chi connectivity index (χ4n) is 5.47. The Morgan fingerprint density at radius 1 is 1.07 bits per heavy atom. The Balaban J connectivity index is 1.49. The average Bonchev–Trinajstić information content (AvgIpc) is 3.44. The molecule has 1 fully saturated rings. The molecular weight excluding hydrogens is 570 g/mol. The number of amides is 1. The van der Waals surface area contributed by atoms with Gasteiger partial charge in [0.15, 0.2) is 5.82 Å². The number of ether oxygens (including phenoxy) is 2. The molecule has 44 heavy (non-hydrogen) atoms. The molecule has 10 nitrogen and oxygen atoms in total. The third-order valence-electron chi connectivity index (χ3n) is 7.43. The number of benzene rings is 2. The molecule has 1 aliphatic carbocycles. The van der Waals surface area contributed by atoms with Crippen LogP contribution in [0.25, 0.3) is 33.9 Å². The summed E-state index contributed by atoms with van der Waals surface area (Å²) in [7, 11) is 1.58. The van der Waals surface area contributed by atoms with Crippen LogP contribution in [0, 0.1) is 11.6 Å². The summed E-state index contributed by atoms with van der Waals surface area (Å²) in [6.07, 6.45) is 5.82. The molecule has 2 aromatic carbocycles. The molecule has 1 amide bonds. The van der Waals surface area contributed by atoms with E-state index in [1.807, 2.05) is 28.8 Å². The lowest BCUT2D eigenvalue weighted by atomic mass is 9.90. The van der Waals surface area contributed by atoms with E-state index in [4.69, 9.17) is 14.5 Å². The highest BCUT2D eigenvalue weighted by molar-refractivity contribution is 6.04. The van der Waals surface area contributed by atoms with Gasteiger partial charge >= 0.3 is 0 Å². The van der Waals surface area contributed by atoms with Crippen LogP contribution in [0.1, 0.15) is 35.7 Å². The van der Waals surface area contributed by atoms with Gasteiger partial charge in [-0.1, -0.05) is 12.1 Å². The molecule has 0 radical (unpaired) electrons. The molecule has 1 N–H and O–H groups in total. The van der Waals surface area contributed by atoms with E-state index in [1.165, 1.54) is 0 Å². The van der Waals surface area contributed by atoms with Crippen LogP contribution in [0.5, 0.6) is 5.75 Å². The van der Waals surface area contributed by atoms with Gasteiger partial charge in [0.05, 0.1) is 35.6 Å². The summed E-state index contributed by atoms with van der Waals surface area (Å²) >= 11 is 0. The molecule has 2 atom stereocenters. The molecule has 1 aliphatic rings. The number of nitrogens with zero attached hydrogens (tertiary/aromatic N) is 6. The molecule has 3 heterocycles. The van der Waals surface area contributed by atoms with Crippen molar-refractivity contribution in [1.82, 2.24) is 24.5 Å². The fraction of sp³-hybridized carbons (Fsp3) is 0.250. The van der Waals surface area contributed by atoms with Gasteiger partial charge in [-0.2, -0.15) is 0 Å². The average molecular weight is 599 g/mol. The minimum absolute atomic E-state index is 0.0963. The lowest BCUT2D eigenvalue weighted by Crippen LogP contribution is -2.31. The Kier molecular flexibility index (Phi) is 8.44. The number of carbonyl (C=O) groups is 1. The number of aromatic nitrogens is 5. The number of para-hydroxylation sites is 1. The fourth-order valence-corrected chi connectivity index (χ4v) is 5.47. The van der Waals surface area contributed by atoms with Crippen molar-refractivity contribution in [3.63, 3.8) is 0 Å². The van der Waals surface area contributed by atoms with E-state index in [0.717, 1.165) is 23.7 Å². The first kappa shape index (κ1) is 29.1. The van der Waals surface area contributed by atoms with Crippen LogP contribution in [0.15, 0.2) is 78.2 Å². The maximum Gasteiger partial charge on any atom is 0.279 e. The lowest BCUT2D eigenvalue weighted by Gasteiger charge is -2.32. The number of carbonyl (C=O) groups excluding carboxylic acids is 1. The van der Waals surface area contributed by atoms with E-state index in [9.17, 15) is 18.7 Å². The molecule has 1 unspecified atom stereocenters. The van der Waals surface area contributed by atoms with E-state index in [1.54, 1.807) is 37.8 Å². The second kappa shape index (κ2) is 12.7. The SMILES string of the molecule is CO[C@H]1CC(=NC(=O)c2cc(F)ccc2F)CC(n2c(-c3ccccc3OCCO)nc3cnc(-c4ncccn4)cc32)C1. The first-order valence-corrected chi connectivity index (χ1v) is 14.0. The minimum Gasteiger partial charge on any atom is -0.490 e. The van der Waals surface area contributed by atoms with Crippen LogP contribution in [0.3, 0.4) is 0 Å². The highest BCUT2D eigenvalue weighted by Crippen LogP contribution is 2.39. The summed E-state index contributed by atoms with van der Waals surface area (Å²) in [5.41, 5.74) is 2.62. The minimum atomic E-state index is -0.862. The topological polar surface area (TPSA) is 125 Å². The Morgan fingerprint density at radius 2 is 1.89 bits per heavy atom. The Labute approximate surface area is 251 Å². The summed E-state index contributed by atoms with van der Waals surface area (Å²) in [5, 5.41) is 9.41. The van der Waals surface area contributed by atoms with Crippen LogP contribution >= 0.6 is 0 Å². The third kappa shape index (κ3) is 5.94. The van der Waals surface area contributed by atoms with Crippen LogP contribution in [0.2, 0.25) is 0 Å². The summed E-state index contributed by atoms with van der Waals surface area (Å²) in [6, 6.07) is 13.4. The van der Waals surface area contributed by atoms with Crippen molar-refractivity contribution in [1.29, 1.82) is 0 Å². The number of fused-ring (bicyclic) bond motifs is 1. The number of pyridine rings is 1. The predicted molar refractivity (Wildman–Crippen MR) is 158 cm³/mol. The molecule has 0 aliphatic heterocycles. The highest BCUT2D eigenvalue weighted by Gasteiger charge is 2.32. The normalized spacial score (nSPS) is 17.7. The zero-order valence-electron chi connectivity index (χ0n) is 23.7. The van der Waals surface area contributed by atoms with Gasteiger partial charge in [-0.15, -0.1) is 0 Å². The Hall–Kier alpha value is -4.94. The van der Waals surface area contributed by atoms with Crippen molar-refractivity contribution in [2.45, 2.75) is 31.4 Å². The number of hydrogen-bond acceptors (Lipinski definition) is 8. The maximum absolute atomic E-state index is 14.4. The van der Waals surface area contributed by atoms with Crippen LogP contribution in [-0.4, -0.2) is 67.7 Å². The highest BCUT2D eigenvalue weighted by atomic mass is 19.1. The number of hydrogen-bond donors (Lipinski definition) is 1. The van der Waals surface area contributed by atoms with Gasteiger partial charge < -0.3 is 19.1 Å². The summed E-state index contributed by atoms with van der Waals surface area (Å²) in [4.78, 5) is 35.4. The quantitative estimate of drug-likeness (QED) is 0.258. The van der Waals surface area contributed by atoms with Crippen LogP contribution < -0.4 is 4.74 Å². The number of aliphatic hydroxyl groups is 1. The van der Waals surface area contributed by atoms with Gasteiger partial charge in [-0.25, -0.2) is 28.7 Å². The predicted octanol–water partition coefficient (Wildman–Crippen LogP) is 5.23. The molecular formula is C32H28F2N6O4. The van der Waals surface area contributed by atoms with E-state index < -0.39 is 23.1 Å². The van der Waals surface area contributed by atoms with Crippen molar-refractivity contribution in [2.75, 3.05) is 20.3 Å². The van der Waals surface area contributed by atoms with E-state index in [2.05, 4.69) is 19.9 Å². The number of imidazole rings is 1. The maximum atomic E-state index is 14.4. The van der Waals surface area contributed by atoms with Crippen molar-refractivity contribution < 1.29 is 28.2 Å². The zero-order valence-corrected chi connectivity index (χ0v) is 23.7. The number of methoxy groups -OCH3 is 1. The number of halogens is 2. The molecule has 6 rings (SSSR count). The molecule has 1 saturated carbocycles. The van der Waals surface area contributed by atoms with Crippen molar-refractivity contribution in [3.05, 3.63) is 90.4 Å². The van der Waals surface area contributed by atoms with Gasteiger partial charge in [0.25, 0.3) is 5.91 Å². The van der Waals surface area contributed by atoms with Gasteiger partial charge in [-0.3, -0.25) is 9.78 Å². The van der Waals surface area contributed by atoms with Crippen LogP contribution in [-0.2, 0) is 4.74 Å². The monoisotopic (exact) mass is 598 g/mol. The first-order chi connectivity index (χ1) is 21.4. The van der Waals surface area contributed by atoms with Gasteiger partial charge in [-0.05, 0) is 48.9 Å².